The number of furan rings is 1. The Morgan fingerprint density at radius 1 is 1.45 bits per heavy atom. The summed E-state index contributed by atoms with van der Waals surface area (Å²) in [5.41, 5.74) is 0.490. The van der Waals surface area contributed by atoms with E-state index in [0.29, 0.717) is 37.7 Å². The van der Waals surface area contributed by atoms with E-state index >= 15 is 0 Å². The molecule has 0 saturated heterocycles. The van der Waals surface area contributed by atoms with E-state index in [1.807, 2.05) is 0 Å². The van der Waals surface area contributed by atoms with Crippen LogP contribution in [0.2, 0.25) is 0 Å². The Labute approximate surface area is 118 Å². The molecule has 20 heavy (non-hydrogen) atoms. The highest BCUT2D eigenvalue weighted by atomic mass is 16.5. The maximum Gasteiger partial charge on any atom is 0.257 e. The Hall–Kier alpha value is -1.82. The van der Waals surface area contributed by atoms with Gasteiger partial charge in [-0.05, 0) is 18.9 Å². The first-order valence-corrected chi connectivity index (χ1v) is 6.80. The standard InChI is InChI=1S/C14H20N2O4/c1-19-9-7-16(14(18)11-5-8-20-10-11)6-4-13(17)15-12-2-3-12/h5,8,10,12H,2-4,6-7,9H2,1H3,(H,15,17). The minimum atomic E-state index is -0.143. The molecule has 1 N–H and O–H groups in total. The van der Waals surface area contributed by atoms with Gasteiger partial charge in [0, 0.05) is 32.7 Å². The van der Waals surface area contributed by atoms with Gasteiger partial charge in [-0.3, -0.25) is 9.59 Å². The second-order valence-corrected chi connectivity index (χ2v) is 4.89. The van der Waals surface area contributed by atoms with Crippen molar-refractivity contribution < 1.29 is 18.7 Å². The van der Waals surface area contributed by atoms with Crippen molar-refractivity contribution in [1.29, 1.82) is 0 Å². The molecule has 0 radical (unpaired) electrons. The number of hydrogen-bond donors (Lipinski definition) is 1. The van der Waals surface area contributed by atoms with Crippen LogP contribution in [0.5, 0.6) is 0 Å². The lowest BCUT2D eigenvalue weighted by atomic mass is 10.2. The Bertz CT molecular complexity index is 440. The van der Waals surface area contributed by atoms with Crippen LogP contribution in [-0.2, 0) is 9.53 Å². The normalized spacial score (nSPS) is 14.1. The average molecular weight is 280 g/mol. The molecule has 110 valence electrons. The molecule has 1 fully saturated rings. The van der Waals surface area contributed by atoms with Gasteiger partial charge in [0.1, 0.15) is 6.26 Å². The van der Waals surface area contributed by atoms with Crippen LogP contribution >= 0.6 is 0 Å². The predicted octanol–water partition coefficient (Wildman–Crippen LogP) is 1.04. The molecule has 2 amide bonds. The summed E-state index contributed by atoms with van der Waals surface area (Å²) >= 11 is 0. The van der Waals surface area contributed by atoms with Gasteiger partial charge < -0.3 is 19.4 Å². The zero-order valence-electron chi connectivity index (χ0n) is 11.6. The fourth-order valence-electron chi connectivity index (χ4n) is 1.85. The van der Waals surface area contributed by atoms with E-state index in [-0.39, 0.29) is 11.8 Å². The Morgan fingerprint density at radius 3 is 2.85 bits per heavy atom. The van der Waals surface area contributed by atoms with Gasteiger partial charge in [0.15, 0.2) is 0 Å². The molecule has 2 rings (SSSR count). The number of ether oxygens (including phenoxy) is 1. The SMILES string of the molecule is COCCN(CCC(=O)NC1CC1)C(=O)c1ccoc1. The molecular weight excluding hydrogens is 260 g/mol. The van der Waals surface area contributed by atoms with Crippen LogP contribution in [0.15, 0.2) is 23.0 Å². The lowest BCUT2D eigenvalue weighted by molar-refractivity contribution is -0.121. The van der Waals surface area contributed by atoms with Gasteiger partial charge in [0.05, 0.1) is 18.4 Å². The number of carbonyl (C=O) groups is 2. The topological polar surface area (TPSA) is 71.8 Å². The fourth-order valence-corrected chi connectivity index (χ4v) is 1.85. The van der Waals surface area contributed by atoms with Crippen molar-refractivity contribution in [3.63, 3.8) is 0 Å². The number of methoxy groups -OCH3 is 1. The molecule has 1 heterocycles. The molecule has 1 saturated carbocycles. The van der Waals surface area contributed by atoms with Crippen LogP contribution in [-0.4, -0.2) is 49.6 Å². The number of nitrogens with one attached hydrogen (secondary N) is 1. The van der Waals surface area contributed by atoms with Crippen LogP contribution in [0, 0.1) is 0 Å². The molecule has 0 bridgehead atoms. The van der Waals surface area contributed by atoms with Crippen molar-refractivity contribution in [2.45, 2.75) is 25.3 Å². The summed E-state index contributed by atoms with van der Waals surface area (Å²) in [6, 6.07) is 1.96. The first-order valence-electron chi connectivity index (χ1n) is 6.80. The minimum Gasteiger partial charge on any atom is -0.472 e. The molecule has 1 aromatic heterocycles. The van der Waals surface area contributed by atoms with Crippen molar-refractivity contribution in [1.82, 2.24) is 10.2 Å². The molecule has 0 aliphatic heterocycles. The van der Waals surface area contributed by atoms with E-state index in [2.05, 4.69) is 5.32 Å². The highest BCUT2D eigenvalue weighted by Gasteiger charge is 2.24. The summed E-state index contributed by atoms with van der Waals surface area (Å²) in [5, 5.41) is 2.91. The highest BCUT2D eigenvalue weighted by Crippen LogP contribution is 2.18. The fraction of sp³-hybridized carbons (Fsp3) is 0.571. The highest BCUT2D eigenvalue weighted by molar-refractivity contribution is 5.94. The zero-order valence-corrected chi connectivity index (χ0v) is 11.6. The lowest BCUT2D eigenvalue weighted by Gasteiger charge is -2.21. The first kappa shape index (κ1) is 14.6. The minimum absolute atomic E-state index is 0.00471. The molecule has 0 unspecified atom stereocenters. The van der Waals surface area contributed by atoms with Gasteiger partial charge in [-0.2, -0.15) is 0 Å². The summed E-state index contributed by atoms with van der Waals surface area (Å²) < 4.78 is 9.92. The maximum absolute atomic E-state index is 12.2. The number of carbonyl (C=O) groups excluding carboxylic acids is 2. The first-order chi connectivity index (χ1) is 9.70. The average Bonchev–Trinajstić information content (AvgIpc) is 3.08. The summed E-state index contributed by atoms with van der Waals surface area (Å²) in [4.78, 5) is 25.5. The molecule has 0 atom stereocenters. The van der Waals surface area contributed by atoms with Gasteiger partial charge >= 0.3 is 0 Å². The van der Waals surface area contributed by atoms with Gasteiger partial charge in [0.2, 0.25) is 5.91 Å². The van der Waals surface area contributed by atoms with Crippen molar-refractivity contribution >= 4 is 11.8 Å². The zero-order chi connectivity index (χ0) is 14.4. The number of rotatable bonds is 8. The van der Waals surface area contributed by atoms with Crippen LogP contribution in [0.4, 0.5) is 0 Å². The molecule has 1 aromatic rings. The molecule has 0 aromatic carbocycles. The van der Waals surface area contributed by atoms with Crippen molar-refractivity contribution in [3.05, 3.63) is 24.2 Å². The van der Waals surface area contributed by atoms with Gasteiger partial charge in [-0.15, -0.1) is 0 Å². The van der Waals surface area contributed by atoms with E-state index in [4.69, 9.17) is 9.15 Å². The van der Waals surface area contributed by atoms with Crippen molar-refractivity contribution in [2.24, 2.45) is 0 Å². The third-order valence-corrected chi connectivity index (χ3v) is 3.17. The van der Waals surface area contributed by atoms with E-state index in [1.54, 1.807) is 18.1 Å². The largest absolute Gasteiger partial charge is 0.472 e. The van der Waals surface area contributed by atoms with Crippen molar-refractivity contribution in [3.8, 4) is 0 Å². The van der Waals surface area contributed by atoms with E-state index in [1.165, 1.54) is 12.5 Å². The summed E-state index contributed by atoms with van der Waals surface area (Å²) in [5.74, 6) is -0.148. The van der Waals surface area contributed by atoms with Crippen LogP contribution < -0.4 is 5.32 Å². The van der Waals surface area contributed by atoms with E-state index in [9.17, 15) is 9.59 Å². The van der Waals surface area contributed by atoms with Crippen LogP contribution in [0.3, 0.4) is 0 Å². The predicted molar refractivity (Wildman–Crippen MR) is 72.3 cm³/mol. The summed E-state index contributed by atoms with van der Waals surface area (Å²) in [6.45, 7) is 1.27. The molecule has 6 heteroatoms. The molecule has 1 aliphatic rings. The molecule has 6 nitrogen and oxygen atoms in total. The molecule has 1 aliphatic carbocycles. The summed E-state index contributed by atoms with van der Waals surface area (Å²) in [6.07, 6.45) is 5.30. The lowest BCUT2D eigenvalue weighted by Crippen LogP contribution is -2.37. The van der Waals surface area contributed by atoms with E-state index in [0.717, 1.165) is 12.8 Å². The third-order valence-electron chi connectivity index (χ3n) is 3.17. The number of hydrogen-bond acceptors (Lipinski definition) is 4. The summed E-state index contributed by atoms with van der Waals surface area (Å²) in [7, 11) is 1.58. The maximum atomic E-state index is 12.2. The van der Waals surface area contributed by atoms with Crippen LogP contribution in [0.1, 0.15) is 29.6 Å². The monoisotopic (exact) mass is 280 g/mol. The molecule has 0 spiro atoms. The van der Waals surface area contributed by atoms with Gasteiger partial charge in [-0.25, -0.2) is 0 Å². The van der Waals surface area contributed by atoms with Gasteiger partial charge in [-0.1, -0.05) is 0 Å². The smallest absolute Gasteiger partial charge is 0.257 e. The van der Waals surface area contributed by atoms with Crippen LogP contribution in [0.25, 0.3) is 0 Å². The van der Waals surface area contributed by atoms with Gasteiger partial charge in [0.25, 0.3) is 5.91 Å². The quantitative estimate of drug-likeness (QED) is 0.772. The Kier molecular flexibility index (Phi) is 5.17. The van der Waals surface area contributed by atoms with Crippen molar-refractivity contribution in [2.75, 3.05) is 26.8 Å². The molecular formula is C14H20N2O4. The second-order valence-electron chi connectivity index (χ2n) is 4.89. The third kappa shape index (κ3) is 4.38. The van der Waals surface area contributed by atoms with E-state index < -0.39 is 0 Å². The Balaban J connectivity index is 1.85. The Morgan fingerprint density at radius 2 is 2.25 bits per heavy atom. The number of amides is 2. The second kappa shape index (κ2) is 7.09. The number of nitrogens with zero attached hydrogens (tertiary/aromatic N) is 1.